The van der Waals surface area contributed by atoms with Gasteiger partial charge in [-0.1, -0.05) is 90.6 Å². The monoisotopic (exact) mass is 631 g/mol. The van der Waals surface area contributed by atoms with Gasteiger partial charge >= 0.3 is 0 Å². The number of nitrogens with one attached hydrogen (secondary N) is 1. The number of nitrogens with zero attached hydrogens (tertiary/aromatic N) is 2. The molecule has 0 saturated carbocycles. The fourth-order valence-electron chi connectivity index (χ4n) is 4.61. The number of carbonyl (C=O) groups excluding carboxylic acids is 2. The zero-order chi connectivity index (χ0) is 30.7. The van der Waals surface area contributed by atoms with Crippen LogP contribution in [0.5, 0.6) is 0 Å². The lowest BCUT2D eigenvalue weighted by molar-refractivity contribution is -0.141. The summed E-state index contributed by atoms with van der Waals surface area (Å²) in [7, 11) is -3.58. The summed E-state index contributed by atoms with van der Waals surface area (Å²) in [6.45, 7) is 4.70. The Morgan fingerprint density at radius 3 is 2.26 bits per heavy atom. The predicted molar refractivity (Wildman–Crippen MR) is 171 cm³/mol. The Morgan fingerprint density at radius 1 is 0.952 bits per heavy atom. The molecule has 10 heteroatoms. The minimum atomic E-state index is -3.58. The molecule has 3 aromatic carbocycles. The summed E-state index contributed by atoms with van der Waals surface area (Å²) in [5.74, 6) is -0.520. The van der Waals surface area contributed by atoms with E-state index in [-0.39, 0.29) is 37.7 Å². The van der Waals surface area contributed by atoms with Crippen LogP contribution in [0.1, 0.15) is 49.3 Å². The second-order valence-electron chi connectivity index (χ2n) is 10.4. The summed E-state index contributed by atoms with van der Waals surface area (Å²) in [6.07, 6.45) is 3.51. The van der Waals surface area contributed by atoms with Crippen molar-refractivity contribution in [2.75, 3.05) is 23.7 Å². The van der Waals surface area contributed by atoms with Crippen molar-refractivity contribution in [2.24, 2.45) is 0 Å². The highest BCUT2D eigenvalue weighted by atomic mass is 35.5. The molecule has 0 saturated heterocycles. The van der Waals surface area contributed by atoms with E-state index in [1.165, 1.54) is 4.31 Å². The van der Waals surface area contributed by atoms with Gasteiger partial charge in [0, 0.05) is 42.5 Å². The highest BCUT2D eigenvalue weighted by molar-refractivity contribution is 7.92. The van der Waals surface area contributed by atoms with Gasteiger partial charge in [-0.15, -0.1) is 0 Å². The Hall–Kier alpha value is -3.07. The number of benzene rings is 3. The van der Waals surface area contributed by atoms with Gasteiger partial charge in [0.2, 0.25) is 21.8 Å². The van der Waals surface area contributed by atoms with Gasteiger partial charge in [-0.25, -0.2) is 8.42 Å². The van der Waals surface area contributed by atoms with Crippen LogP contribution < -0.4 is 9.62 Å². The quantitative estimate of drug-likeness (QED) is 0.197. The second kappa shape index (κ2) is 16.0. The van der Waals surface area contributed by atoms with Gasteiger partial charge in [0.1, 0.15) is 6.04 Å². The first-order valence-electron chi connectivity index (χ1n) is 14.1. The largest absolute Gasteiger partial charge is 0.354 e. The molecule has 0 fully saturated rings. The number of amides is 2. The molecule has 0 aliphatic carbocycles. The maximum absolute atomic E-state index is 13.9. The van der Waals surface area contributed by atoms with Gasteiger partial charge in [-0.2, -0.15) is 0 Å². The molecule has 1 N–H and O–H groups in total. The molecule has 0 unspecified atom stereocenters. The second-order valence-corrected chi connectivity index (χ2v) is 13.1. The lowest BCUT2D eigenvalue weighted by atomic mass is 10.0. The summed E-state index contributed by atoms with van der Waals surface area (Å²) >= 11 is 12.6. The van der Waals surface area contributed by atoms with Crippen molar-refractivity contribution in [3.63, 3.8) is 0 Å². The normalized spacial score (nSPS) is 12.0. The molecular formula is C32H39Cl2N3O4S. The highest BCUT2D eigenvalue weighted by Crippen LogP contribution is 2.25. The zero-order valence-corrected chi connectivity index (χ0v) is 26.7. The Morgan fingerprint density at radius 2 is 1.64 bits per heavy atom. The van der Waals surface area contributed by atoms with Crippen molar-refractivity contribution in [3.05, 3.63) is 99.5 Å². The van der Waals surface area contributed by atoms with Crippen molar-refractivity contribution in [1.29, 1.82) is 0 Å². The van der Waals surface area contributed by atoms with Crippen molar-refractivity contribution in [2.45, 2.75) is 58.5 Å². The molecule has 3 rings (SSSR count). The molecule has 0 spiro atoms. The molecule has 0 aromatic heterocycles. The van der Waals surface area contributed by atoms with E-state index >= 15 is 0 Å². The average Bonchev–Trinajstić information content (AvgIpc) is 2.94. The smallest absolute Gasteiger partial charge is 0.243 e. The number of hydrogen-bond donors (Lipinski definition) is 1. The van der Waals surface area contributed by atoms with Crippen LogP contribution in [0.3, 0.4) is 0 Å². The van der Waals surface area contributed by atoms with E-state index in [1.54, 1.807) is 35.2 Å². The van der Waals surface area contributed by atoms with Crippen molar-refractivity contribution >= 4 is 50.7 Å². The summed E-state index contributed by atoms with van der Waals surface area (Å²) in [6, 6.07) is 21.0. The van der Waals surface area contributed by atoms with E-state index < -0.39 is 16.1 Å². The molecular weight excluding hydrogens is 593 g/mol. The highest BCUT2D eigenvalue weighted by Gasteiger charge is 2.31. The van der Waals surface area contributed by atoms with Crippen LogP contribution in [0.2, 0.25) is 10.0 Å². The topological polar surface area (TPSA) is 86.8 Å². The van der Waals surface area contributed by atoms with E-state index in [0.29, 0.717) is 34.3 Å². The first-order valence-corrected chi connectivity index (χ1v) is 16.7. The molecule has 3 aromatic rings. The number of aryl methyl sites for hydroxylation is 1. The van der Waals surface area contributed by atoms with Crippen LogP contribution in [0.15, 0.2) is 72.8 Å². The number of unbranched alkanes of at least 4 members (excludes halogenated alkanes) is 1. The van der Waals surface area contributed by atoms with Gasteiger partial charge in [0.15, 0.2) is 0 Å². The fraction of sp³-hybridized carbons (Fsp3) is 0.375. The summed E-state index contributed by atoms with van der Waals surface area (Å²) in [4.78, 5) is 29.0. The third-order valence-electron chi connectivity index (χ3n) is 6.93. The molecule has 226 valence electrons. The summed E-state index contributed by atoms with van der Waals surface area (Å²) in [5, 5.41) is 3.86. The molecule has 0 bridgehead atoms. The third-order valence-corrected chi connectivity index (χ3v) is 8.71. The lowest BCUT2D eigenvalue weighted by Crippen LogP contribution is -2.50. The van der Waals surface area contributed by atoms with Crippen LogP contribution in [0, 0.1) is 6.92 Å². The van der Waals surface area contributed by atoms with Crippen molar-refractivity contribution < 1.29 is 18.0 Å². The fourth-order valence-corrected chi connectivity index (χ4v) is 6.04. The lowest BCUT2D eigenvalue weighted by Gasteiger charge is -2.32. The predicted octanol–water partition coefficient (Wildman–Crippen LogP) is 6.40. The van der Waals surface area contributed by atoms with E-state index in [0.717, 1.165) is 30.2 Å². The standard InChI is InChI=1S/C32H39Cl2N3O4S/c1-4-5-19-35-32(39)30(21-25-10-7-6-8-11-25)36(23-26-15-16-27(33)22-29(26)34)31(38)12-9-20-37(42(3,40)41)28-17-13-24(2)14-18-28/h6-8,10-11,13-18,22,30H,4-5,9,12,19-21,23H2,1-3H3,(H,35,39)/t30-/m1/s1. The maximum atomic E-state index is 13.9. The van der Waals surface area contributed by atoms with E-state index in [2.05, 4.69) is 5.32 Å². The molecule has 0 aliphatic heterocycles. The van der Waals surface area contributed by atoms with E-state index in [4.69, 9.17) is 23.2 Å². The van der Waals surface area contributed by atoms with Crippen LogP contribution in [-0.4, -0.2) is 50.5 Å². The number of rotatable bonds is 15. The van der Waals surface area contributed by atoms with Gasteiger partial charge in [-0.05, 0) is 55.2 Å². The Kier molecular flexibility index (Phi) is 12.7. The summed E-state index contributed by atoms with van der Waals surface area (Å²) < 4.78 is 26.5. The molecule has 42 heavy (non-hydrogen) atoms. The number of halogens is 2. The molecule has 0 radical (unpaired) electrons. The van der Waals surface area contributed by atoms with Crippen molar-refractivity contribution in [3.8, 4) is 0 Å². The van der Waals surface area contributed by atoms with Gasteiger partial charge in [0.25, 0.3) is 0 Å². The molecule has 0 aliphatic rings. The maximum Gasteiger partial charge on any atom is 0.243 e. The molecule has 7 nitrogen and oxygen atoms in total. The molecule has 0 heterocycles. The number of sulfonamides is 1. The minimum absolute atomic E-state index is 0.0383. The first kappa shape index (κ1) is 33.4. The summed E-state index contributed by atoms with van der Waals surface area (Å²) in [5.41, 5.74) is 3.13. The zero-order valence-electron chi connectivity index (χ0n) is 24.4. The van der Waals surface area contributed by atoms with Gasteiger partial charge < -0.3 is 10.2 Å². The third kappa shape index (κ3) is 10.0. The number of hydrogen-bond acceptors (Lipinski definition) is 4. The SMILES string of the molecule is CCCCNC(=O)[C@@H](Cc1ccccc1)N(Cc1ccc(Cl)cc1Cl)C(=O)CCCN(c1ccc(C)cc1)S(C)(=O)=O. The van der Waals surface area contributed by atoms with Gasteiger partial charge in [-0.3, -0.25) is 13.9 Å². The van der Waals surface area contributed by atoms with Crippen LogP contribution >= 0.6 is 23.2 Å². The molecule has 1 atom stereocenters. The van der Waals surface area contributed by atoms with Crippen molar-refractivity contribution in [1.82, 2.24) is 10.2 Å². The Bertz CT molecular complexity index is 1430. The van der Waals surface area contributed by atoms with Crippen LogP contribution in [0.4, 0.5) is 5.69 Å². The van der Waals surface area contributed by atoms with E-state index in [9.17, 15) is 18.0 Å². The van der Waals surface area contributed by atoms with Crippen LogP contribution in [-0.2, 0) is 32.6 Å². The van der Waals surface area contributed by atoms with Gasteiger partial charge in [0.05, 0.1) is 11.9 Å². The number of anilines is 1. The Labute approximate surface area is 259 Å². The van der Waals surface area contributed by atoms with Crippen LogP contribution in [0.25, 0.3) is 0 Å². The first-order chi connectivity index (χ1) is 20.0. The minimum Gasteiger partial charge on any atom is -0.354 e. The molecule has 2 amide bonds. The number of carbonyl (C=O) groups is 2. The Balaban J connectivity index is 1.89. The average molecular weight is 633 g/mol. The van der Waals surface area contributed by atoms with E-state index in [1.807, 2.05) is 56.3 Å².